The zero-order chi connectivity index (χ0) is 33.2. The molecule has 47 heavy (non-hydrogen) atoms. The summed E-state index contributed by atoms with van der Waals surface area (Å²) in [6, 6.07) is 27.1. The Morgan fingerprint density at radius 2 is 1.83 bits per heavy atom. The molecule has 4 aromatic carbocycles. The Balaban J connectivity index is 1.51. The van der Waals surface area contributed by atoms with Gasteiger partial charge in [0.15, 0.2) is 11.6 Å². The summed E-state index contributed by atoms with van der Waals surface area (Å²) < 4.78 is 13.1. The Morgan fingerprint density at radius 3 is 2.55 bits per heavy atom. The number of ether oxygens (including phenoxy) is 2. The van der Waals surface area contributed by atoms with Crippen LogP contribution in [0.5, 0.6) is 5.75 Å². The van der Waals surface area contributed by atoms with E-state index >= 15 is 0 Å². The van der Waals surface area contributed by atoms with Crippen molar-refractivity contribution in [2.24, 2.45) is 10.1 Å². The molecule has 1 heterocycles. The van der Waals surface area contributed by atoms with Crippen LogP contribution in [0, 0.1) is 0 Å². The Kier molecular flexibility index (Phi) is 11.8. The molecule has 5 rings (SSSR count). The number of aliphatic hydroxyl groups is 1. The van der Waals surface area contributed by atoms with Gasteiger partial charge in [-0.3, -0.25) is 10.2 Å². The molecule has 3 N–H and O–H groups in total. The summed E-state index contributed by atoms with van der Waals surface area (Å²) in [5.74, 6) is 0.453. The Labute approximate surface area is 290 Å². The number of aliphatic hydroxyl groups excluding tert-OH is 1. The fourth-order valence-corrected chi connectivity index (χ4v) is 5.96. The molecule has 1 aliphatic heterocycles. The molecular formula is C34H31BrCl2N6O4. The number of rotatable bonds is 14. The summed E-state index contributed by atoms with van der Waals surface area (Å²) in [7, 11) is 0. The van der Waals surface area contributed by atoms with Gasteiger partial charge >= 0.3 is 0 Å². The lowest BCUT2D eigenvalue weighted by atomic mass is 9.81. The molecule has 0 aliphatic carbocycles. The van der Waals surface area contributed by atoms with Gasteiger partial charge in [-0.15, -0.1) is 0 Å². The van der Waals surface area contributed by atoms with Crippen molar-refractivity contribution < 1.29 is 19.4 Å². The lowest BCUT2D eigenvalue weighted by molar-refractivity contribution is -0.130. The zero-order valence-electron chi connectivity index (χ0n) is 25.1. The van der Waals surface area contributed by atoms with Crippen molar-refractivity contribution in [1.29, 1.82) is 0 Å². The highest BCUT2D eigenvalue weighted by atomic mass is 79.9. The van der Waals surface area contributed by atoms with Gasteiger partial charge in [-0.2, -0.15) is 0 Å². The molecule has 0 saturated heterocycles. The van der Waals surface area contributed by atoms with Crippen molar-refractivity contribution in [2.45, 2.75) is 30.9 Å². The summed E-state index contributed by atoms with van der Waals surface area (Å²) in [5, 5.41) is 14.0. The van der Waals surface area contributed by atoms with Crippen LogP contribution >= 0.6 is 39.1 Å². The predicted molar refractivity (Wildman–Crippen MR) is 186 cm³/mol. The first-order valence-electron chi connectivity index (χ1n) is 14.8. The van der Waals surface area contributed by atoms with Gasteiger partial charge in [0.1, 0.15) is 5.75 Å². The Bertz CT molecular complexity index is 1780. The van der Waals surface area contributed by atoms with Crippen LogP contribution in [0.1, 0.15) is 34.8 Å². The number of benzene rings is 4. The van der Waals surface area contributed by atoms with Crippen molar-refractivity contribution in [3.05, 3.63) is 138 Å². The minimum atomic E-state index is -1.52. The van der Waals surface area contributed by atoms with Crippen LogP contribution in [-0.4, -0.2) is 42.2 Å². The number of halogens is 3. The highest BCUT2D eigenvalue weighted by molar-refractivity contribution is 9.10. The molecule has 0 radical (unpaired) electrons. The van der Waals surface area contributed by atoms with E-state index in [1.165, 1.54) is 0 Å². The minimum Gasteiger partial charge on any atom is -0.494 e. The summed E-state index contributed by atoms with van der Waals surface area (Å²) in [6.45, 7) is 0.789. The third kappa shape index (κ3) is 8.44. The van der Waals surface area contributed by atoms with Crippen molar-refractivity contribution >= 4 is 56.6 Å². The van der Waals surface area contributed by atoms with E-state index in [1.807, 2.05) is 48.5 Å². The fraction of sp³-hybridized carbons (Fsp3) is 0.235. The lowest BCUT2D eigenvalue weighted by Crippen LogP contribution is -2.54. The number of hydrazine groups is 1. The first kappa shape index (κ1) is 34.3. The maximum Gasteiger partial charge on any atom is 0.266 e. The van der Waals surface area contributed by atoms with Gasteiger partial charge in [-0.1, -0.05) is 86.7 Å². The second kappa shape index (κ2) is 16.1. The largest absolute Gasteiger partial charge is 0.494 e. The first-order valence-corrected chi connectivity index (χ1v) is 16.3. The molecule has 0 saturated carbocycles. The van der Waals surface area contributed by atoms with Gasteiger partial charge in [0.25, 0.3) is 5.91 Å². The number of carbonyl (C=O) groups is 1. The summed E-state index contributed by atoms with van der Waals surface area (Å²) in [4.78, 5) is 22.4. The minimum absolute atomic E-state index is 0.0386. The summed E-state index contributed by atoms with van der Waals surface area (Å²) in [5.41, 5.74) is 16.9. The molecule has 2 atom stereocenters. The lowest BCUT2D eigenvalue weighted by Gasteiger charge is -2.31. The molecule has 10 nitrogen and oxygen atoms in total. The predicted octanol–water partition coefficient (Wildman–Crippen LogP) is 7.82. The number of azide groups is 1. The van der Waals surface area contributed by atoms with Crippen molar-refractivity contribution in [3.63, 3.8) is 0 Å². The average Bonchev–Trinajstić information content (AvgIpc) is 3.46. The molecular weight excluding hydrogens is 707 g/mol. The van der Waals surface area contributed by atoms with E-state index in [4.69, 9.17) is 42.8 Å². The Hall–Kier alpha value is -4.09. The topological polar surface area (TPSA) is 141 Å². The zero-order valence-corrected chi connectivity index (χ0v) is 28.2. The second-order valence-electron chi connectivity index (χ2n) is 10.7. The Morgan fingerprint density at radius 1 is 1.06 bits per heavy atom. The van der Waals surface area contributed by atoms with Crippen LogP contribution in [0.15, 0.2) is 106 Å². The van der Waals surface area contributed by atoms with Crippen molar-refractivity contribution in [1.82, 2.24) is 10.9 Å². The number of aliphatic imine (C=N–C) groups is 1. The van der Waals surface area contributed by atoms with Crippen LogP contribution in [0.4, 0.5) is 5.69 Å². The summed E-state index contributed by atoms with van der Waals surface area (Å²) >= 11 is 15.9. The van der Waals surface area contributed by atoms with Gasteiger partial charge in [0.2, 0.25) is 5.90 Å². The van der Waals surface area contributed by atoms with E-state index in [-0.39, 0.29) is 18.9 Å². The molecule has 13 heteroatoms. The van der Waals surface area contributed by atoms with Crippen LogP contribution in [0.3, 0.4) is 0 Å². The van der Waals surface area contributed by atoms with Gasteiger partial charge in [0.05, 0.1) is 6.61 Å². The standard InChI is InChI=1S/C34H31BrCl2N6O4/c35-26-11-6-23(7-12-26)31-34(21-25-4-1-2-5-30(25)41-43-38,33(45)42-39-17-16-22-8-13-27(36)20-29(22)37)40-32(47-31)24-9-14-28(15-10-24)46-19-3-18-44/h1-2,4-15,20,31,39,44H,3,16-19,21H2,(H,42,45)/t31-,34-/m0/s1. The normalized spacial score (nSPS) is 16.9. The molecule has 0 bridgehead atoms. The van der Waals surface area contributed by atoms with E-state index < -0.39 is 17.6 Å². The third-order valence-electron chi connectivity index (χ3n) is 7.54. The van der Waals surface area contributed by atoms with Crippen LogP contribution < -0.4 is 15.6 Å². The smallest absolute Gasteiger partial charge is 0.266 e. The highest BCUT2D eigenvalue weighted by Crippen LogP contribution is 2.44. The average molecular weight is 738 g/mol. The summed E-state index contributed by atoms with van der Waals surface area (Å²) in [6.07, 6.45) is 0.252. The third-order valence-corrected chi connectivity index (χ3v) is 8.66. The molecule has 0 unspecified atom stereocenters. The maximum atomic E-state index is 14.4. The SMILES string of the molecule is [N-]=[N+]=Nc1ccccc1C[C@]1(C(=O)NNCCc2ccc(Cl)cc2Cl)N=C(c2ccc(OCCCO)cc2)O[C@H]1c1ccc(Br)cc1. The number of nitrogens with zero attached hydrogens (tertiary/aromatic N) is 4. The molecule has 242 valence electrons. The number of carbonyl (C=O) groups excluding carboxylic acids is 1. The van der Waals surface area contributed by atoms with Crippen LogP contribution in [-0.2, 0) is 22.4 Å². The van der Waals surface area contributed by atoms with Gasteiger partial charge < -0.3 is 14.6 Å². The van der Waals surface area contributed by atoms with E-state index in [0.29, 0.717) is 58.6 Å². The molecule has 1 amide bonds. The monoisotopic (exact) mass is 736 g/mol. The molecule has 0 aromatic heterocycles. The van der Waals surface area contributed by atoms with Gasteiger partial charge in [0, 0.05) is 56.7 Å². The second-order valence-corrected chi connectivity index (χ2v) is 12.5. The number of amides is 1. The number of hydrogen-bond acceptors (Lipinski definition) is 7. The maximum absolute atomic E-state index is 14.4. The van der Waals surface area contributed by atoms with Crippen molar-refractivity contribution in [3.8, 4) is 5.75 Å². The molecule has 4 aromatic rings. The van der Waals surface area contributed by atoms with Gasteiger partial charge in [-0.05, 0) is 77.2 Å². The van der Waals surface area contributed by atoms with Crippen LogP contribution in [0.2, 0.25) is 10.0 Å². The van der Waals surface area contributed by atoms with E-state index in [1.54, 1.807) is 42.5 Å². The number of nitrogens with one attached hydrogen (secondary N) is 2. The van der Waals surface area contributed by atoms with E-state index in [0.717, 1.165) is 15.6 Å². The van der Waals surface area contributed by atoms with Gasteiger partial charge in [-0.25, -0.2) is 10.4 Å². The van der Waals surface area contributed by atoms with E-state index in [9.17, 15) is 10.3 Å². The molecule has 0 fully saturated rings. The van der Waals surface area contributed by atoms with Crippen LogP contribution in [0.25, 0.3) is 10.4 Å². The number of hydrogen-bond donors (Lipinski definition) is 3. The first-order chi connectivity index (χ1) is 22.8. The fourth-order valence-electron chi connectivity index (χ4n) is 5.19. The highest BCUT2D eigenvalue weighted by Gasteiger charge is 2.53. The van der Waals surface area contributed by atoms with E-state index in [2.05, 4.69) is 36.8 Å². The quantitative estimate of drug-likeness (QED) is 0.0398. The molecule has 0 spiro atoms. The molecule has 1 aliphatic rings. The van der Waals surface area contributed by atoms with Crippen molar-refractivity contribution in [2.75, 3.05) is 19.8 Å².